The summed E-state index contributed by atoms with van der Waals surface area (Å²) in [5, 5.41) is 76.5. The molecule has 0 aliphatic carbocycles. The van der Waals surface area contributed by atoms with Crippen LogP contribution in [0.4, 0.5) is 0 Å². The second-order valence-corrected chi connectivity index (χ2v) is 24.6. The van der Waals surface area contributed by atoms with Gasteiger partial charge < -0.3 is 50.5 Å². The van der Waals surface area contributed by atoms with E-state index in [4.69, 9.17) is 9.47 Å². The maximum Gasteiger partial charge on any atom is 0.249 e. The van der Waals surface area contributed by atoms with Gasteiger partial charge in [-0.1, -0.05) is 341 Å². The molecule has 1 fully saturated rings. The second-order valence-electron chi connectivity index (χ2n) is 24.6. The molecule has 11 heteroatoms. The van der Waals surface area contributed by atoms with Crippen LogP contribution in [0.1, 0.15) is 354 Å². The van der Waals surface area contributed by atoms with Crippen LogP contribution in [0.2, 0.25) is 0 Å². The molecule has 0 aromatic carbocycles. The summed E-state index contributed by atoms with van der Waals surface area (Å²) in [5.74, 6) is -0.687. The van der Waals surface area contributed by atoms with Gasteiger partial charge in [-0.2, -0.15) is 0 Å². The summed E-state index contributed by atoms with van der Waals surface area (Å²) in [6, 6.07) is -1.16. The molecule has 11 nitrogen and oxygen atoms in total. The summed E-state index contributed by atoms with van der Waals surface area (Å²) < 4.78 is 11.2. The van der Waals surface area contributed by atoms with Crippen molar-refractivity contribution >= 4 is 5.91 Å². The van der Waals surface area contributed by atoms with Gasteiger partial charge in [-0.25, -0.2) is 0 Å². The molecule has 0 saturated carbocycles. The zero-order valence-corrected chi connectivity index (χ0v) is 51.4. The lowest BCUT2D eigenvalue weighted by Gasteiger charge is -2.40. The molecule has 9 atom stereocenters. The minimum atomic E-state index is -1.66. The van der Waals surface area contributed by atoms with E-state index in [1.54, 1.807) is 0 Å². The van der Waals surface area contributed by atoms with E-state index in [0.717, 1.165) is 38.5 Å². The van der Waals surface area contributed by atoms with Crippen molar-refractivity contribution in [3.05, 3.63) is 0 Å². The Hall–Kier alpha value is -0.890. The number of amides is 1. The zero-order chi connectivity index (χ0) is 56.8. The van der Waals surface area contributed by atoms with Crippen LogP contribution in [0, 0.1) is 0 Å². The predicted molar refractivity (Wildman–Crippen MR) is 326 cm³/mol. The van der Waals surface area contributed by atoms with Crippen LogP contribution < -0.4 is 5.32 Å². The van der Waals surface area contributed by atoms with Gasteiger partial charge in [-0.05, 0) is 12.8 Å². The molecule has 0 aromatic rings. The third-order valence-electron chi connectivity index (χ3n) is 17.2. The summed E-state index contributed by atoms with van der Waals surface area (Å²) in [4.78, 5) is 13.2. The highest BCUT2D eigenvalue weighted by atomic mass is 16.7. The molecule has 78 heavy (non-hydrogen) atoms. The summed E-state index contributed by atoms with van der Waals surface area (Å²) >= 11 is 0. The van der Waals surface area contributed by atoms with E-state index < -0.39 is 74.2 Å². The van der Waals surface area contributed by atoms with E-state index in [1.807, 2.05) is 0 Å². The van der Waals surface area contributed by atoms with Crippen molar-refractivity contribution < 1.29 is 50.0 Å². The quantitative estimate of drug-likeness (QED) is 0.0272. The number of hydrogen-bond donors (Lipinski definition) is 8. The van der Waals surface area contributed by atoms with Crippen molar-refractivity contribution in [2.24, 2.45) is 0 Å². The fraction of sp³-hybridized carbons (Fsp3) is 0.985. The van der Waals surface area contributed by atoms with Crippen LogP contribution in [0.5, 0.6) is 0 Å². The number of nitrogens with one attached hydrogen (secondary N) is 1. The lowest BCUT2D eigenvalue weighted by atomic mass is 9.98. The minimum absolute atomic E-state index is 0.267. The van der Waals surface area contributed by atoms with Crippen molar-refractivity contribution in [3.63, 3.8) is 0 Å². The molecule has 0 spiro atoms. The Labute approximate surface area is 481 Å². The third kappa shape index (κ3) is 43.7. The Morgan fingerprint density at radius 3 is 0.949 bits per heavy atom. The van der Waals surface area contributed by atoms with Gasteiger partial charge in [-0.3, -0.25) is 4.79 Å². The average molecular weight is 1110 g/mol. The lowest BCUT2D eigenvalue weighted by molar-refractivity contribution is -0.303. The highest BCUT2D eigenvalue weighted by Crippen LogP contribution is 2.24. The monoisotopic (exact) mass is 1110 g/mol. The predicted octanol–water partition coefficient (Wildman–Crippen LogP) is 16.1. The SMILES string of the molecule is CCCCCCCCCCCCCCCCCCCCCCCCCCCCCCC(O)C(O)C(COC1OC(CO)C(O)C(O)C1O)NC(=O)C(O)CCCCCCCCCCCCCCCCCCCCCCCCC. The van der Waals surface area contributed by atoms with Crippen molar-refractivity contribution in [1.29, 1.82) is 0 Å². The van der Waals surface area contributed by atoms with Crippen LogP contribution in [0.15, 0.2) is 0 Å². The summed E-state index contributed by atoms with van der Waals surface area (Å²) in [6.07, 6.45) is 56.1. The topological polar surface area (TPSA) is 189 Å². The number of hydrogen-bond acceptors (Lipinski definition) is 10. The molecule has 1 rings (SSSR count). The molecule has 8 N–H and O–H groups in total. The third-order valence-corrected chi connectivity index (χ3v) is 17.2. The molecule has 466 valence electrons. The standard InChI is InChI=1S/C67H133NO10/c1-3-5-7-9-11-13-15-17-19-21-23-25-27-28-29-30-31-33-34-36-38-40-42-44-46-48-50-52-54-59(70)62(72)58(57-77-67-65(75)64(74)63(73)61(56-69)78-67)68-66(76)60(71)55-53-51-49-47-45-43-41-39-37-35-32-26-24-22-20-18-16-14-12-10-8-6-4-2/h58-65,67,69-75H,3-57H2,1-2H3,(H,68,76). The molecule has 0 radical (unpaired) electrons. The van der Waals surface area contributed by atoms with Gasteiger partial charge >= 0.3 is 0 Å². The molecule has 9 unspecified atom stereocenters. The van der Waals surface area contributed by atoms with E-state index in [-0.39, 0.29) is 6.42 Å². The largest absolute Gasteiger partial charge is 0.394 e. The molecule has 0 aromatic heterocycles. The lowest BCUT2D eigenvalue weighted by Crippen LogP contribution is -2.60. The Balaban J connectivity index is 2.20. The van der Waals surface area contributed by atoms with Gasteiger partial charge in [0, 0.05) is 0 Å². The number of carbonyl (C=O) groups excluding carboxylic acids is 1. The van der Waals surface area contributed by atoms with Crippen LogP contribution in [-0.4, -0.2) is 110 Å². The summed E-state index contributed by atoms with van der Waals surface area (Å²) in [7, 11) is 0. The van der Waals surface area contributed by atoms with Gasteiger partial charge in [0.2, 0.25) is 5.91 Å². The molecule has 0 bridgehead atoms. The Bertz CT molecular complexity index is 1230. The number of ether oxygens (including phenoxy) is 2. The van der Waals surface area contributed by atoms with E-state index >= 15 is 0 Å². The normalized spacial score (nSPS) is 19.3. The number of carbonyl (C=O) groups is 1. The Morgan fingerprint density at radius 1 is 0.397 bits per heavy atom. The first-order chi connectivity index (χ1) is 38.2. The van der Waals surface area contributed by atoms with Crippen LogP contribution >= 0.6 is 0 Å². The fourth-order valence-corrected chi connectivity index (χ4v) is 11.6. The second kappa shape index (κ2) is 56.6. The number of aliphatic hydroxyl groups is 7. The smallest absolute Gasteiger partial charge is 0.249 e. The number of aliphatic hydroxyl groups excluding tert-OH is 7. The molecular formula is C67H133NO10. The van der Waals surface area contributed by atoms with E-state index in [0.29, 0.717) is 19.3 Å². The first kappa shape index (κ1) is 75.1. The first-order valence-corrected chi connectivity index (χ1v) is 34.4. The molecule has 1 aliphatic heterocycles. The molecule has 1 aliphatic rings. The molecule has 1 amide bonds. The van der Waals surface area contributed by atoms with E-state index in [2.05, 4.69) is 19.2 Å². The van der Waals surface area contributed by atoms with Crippen molar-refractivity contribution in [3.8, 4) is 0 Å². The van der Waals surface area contributed by atoms with Crippen LogP contribution in [0.3, 0.4) is 0 Å². The van der Waals surface area contributed by atoms with Gasteiger partial charge in [0.05, 0.1) is 25.4 Å². The van der Waals surface area contributed by atoms with Crippen molar-refractivity contribution in [1.82, 2.24) is 5.32 Å². The highest BCUT2D eigenvalue weighted by Gasteiger charge is 2.44. The van der Waals surface area contributed by atoms with E-state index in [9.17, 15) is 40.5 Å². The molecule has 1 saturated heterocycles. The minimum Gasteiger partial charge on any atom is -0.394 e. The average Bonchev–Trinajstić information content (AvgIpc) is 3.46. The number of unbranched alkanes of at least 4 members (excludes halogenated alkanes) is 49. The first-order valence-electron chi connectivity index (χ1n) is 34.4. The van der Waals surface area contributed by atoms with Crippen LogP contribution in [0.25, 0.3) is 0 Å². The van der Waals surface area contributed by atoms with Gasteiger partial charge in [0.25, 0.3) is 0 Å². The maximum absolute atomic E-state index is 13.2. The molecule has 1 heterocycles. The maximum atomic E-state index is 13.2. The Kier molecular flexibility index (Phi) is 54.5. The fourth-order valence-electron chi connectivity index (χ4n) is 11.6. The highest BCUT2D eigenvalue weighted by molar-refractivity contribution is 5.80. The van der Waals surface area contributed by atoms with Gasteiger partial charge in [-0.15, -0.1) is 0 Å². The van der Waals surface area contributed by atoms with Crippen molar-refractivity contribution in [2.75, 3.05) is 13.2 Å². The Morgan fingerprint density at radius 2 is 0.667 bits per heavy atom. The summed E-state index contributed by atoms with van der Waals surface area (Å²) in [5.41, 5.74) is 0. The zero-order valence-electron chi connectivity index (χ0n) is 51.4. The van der Waals surface area contributed by atoms with Gasteiger partial charge in [0.15, 0.2) is 6.29 Å². The van der Waals surface area contributed by atoms with E-state index in [1.165, 1.54) is 276 Å². The van der Waals surface area contributed by atoms with Crippen LogP contribution in [-0.2, 0) is 14.3 Å². The van der Waals surface area contributed by atoms with Gasteiger partial charge in [0.1, 0.15) is 36.6 Å². The summed E-state index contributed by atoms with van der Waals surface area (Å²) in [6.45, 7) is 3.53. The number of rotatable bonds is 61. The molecular weight excluding hydrogens is 979 g/mol. The van der Waals surface area contributed by atoms with Crippen molar-refractivity contribution in [2.45, 2.75) is 409 Å².